The molecule has 5 fully saturated rings. The van der Waals surface area contributed by atoms with Crippen LogP contribution in [-0.2, 0) is 42.9 Å². The molecule has 0 aromatic carbocycles. The lowest BCUT2D eigenvalue weighted by atomic mass is 9.36. The molecule has 2 aliphatic heterocycles. The van der Waals surface area contributed by atoms with Gasteiger partial charge >= 0.3 is 17.9 Å². The van der Waals surface area contributed by atoms with Crippen molar-refractivity contribution < 1.29 is 57.5 Å². The second-order valence-electron chi connectivity index (χ2n) is 15.7. The SMILES string of the molecule is CCC(C)C(O)C(=O)OC1C(OC=O)C2C3(C)C(OC(C)=O)CC(=O)OC(C)(C)C3CC(O)C2(C)C23OC2CC(c2ccoc2)C13C. The van der Waals surface area contributed by atoms with Crippen LogP contribution in [0.2, 0.25) is 0 Å². The molecule has 14 unspecified atom stereocenters. The zero-order valence-electron chi connectivity index (χ0n) is 28.4. The third kappa shape index (κ3) is 4.35. The smallest absolute Gasteiger partial charge is 0.335 e. The number of carbonyl (C=O) groups is 4. The maximum Gasteiger partial charge on any atom is 0.335 e. The van der Waals surface area contributed by atoms with E-state index in [0.717, 1.165) is 5.56 Å². The van der Waals surface area contributed by atoms with Crippen molar-refractivity contribution in [1.82, 2.24) is 0 Å². The van der Waals surface area contributed by atoms with Gasteiger partial charge < -0.3 is 38.3 Å². The maximum atomic E-state index is 13.8. The molecule has 0 amide bonds. The predicted molar refractivity (Wildman–Crippen MR) is 162 cm³/mol. The lowest BCUT2D eigenvalue weighted by Gasteiger charge is -2.69. The highest BCUT2D eigenvalue weighted by Crippen LogP contribution is 2.82. The Labute approximate surface area is 274 Å². The number of rotatable bonds is 8. The van der Waals surface area contributed by atoms with E-state index < -0.39 is 93.6 Å². The minimum absolute atomic E-state index is 0.164. The molecule has 260 valence electrons. The molecular formula is C35H48O12. The Hall–Kier alpha value is -2.96. The van der Waals surface area contributed by atoms with Gasteiger partial charge in [0.15, 0.2) is 6.10 Å². The van der Waals surface area contributed by atoms with Gasteiger partial charge in [0.05, 0.1) is 31.2 Å². The number of carbonyl (C=O) groups excluding carboxylic acids is 4. The lowest BCUT2D eigenvalue weighted by molar-refractivity contribution is -0.314. The van der Waals surface area contributed by atoms with Crippen LogP contribution >= 0.6 is 0 Å². The molecule has 12 nitrogen and oxygen atoms in total. The quantitative estimate of drug-likeness (QED) is 0.180. The summed E-state index contributed by atoms with van der Waals surface area (Å²) in [4.78, 5) is 52.3. The molecule has 1 spiro atoms. The Bertz CT molecular complexity index is 1420. The first-order valence-corrected chi connectivity index (χ1v) is 16.7. The van der Waals surface area contributed by atoms with E-state index in [0.29, 0.717) is 19.3 Å². The van der Waals surface area contributed by atoms with Crippen molar-refractivity contribution in [3.8, 4) is 0 Å². The van der Waals surface area contributed by atoms with Crippen LogP contribution in [0.4, 0.5) is 0 Å². The predicted octanol–water partition coefficient (Wildman–Crippen LogP) is 3.45. The normalized spacial score (nSPS) is 45.8. The third-order valence-electron chi connectivity index (χ3n) is 13.3. The van der Waals surface area contributed by atoms with Gasteiger partial charge in [0.25, 0.3) is 6.47 Å². The van der Waals surface area contributed by atoms with Crippen molar-refractivity contribution in [1.29, 1.82) is 0 Å². The average molecular weight is 661 g/mol. The summed E-state index contributed by atoms with van der Waals surface area (Å²) in [6, 6.07) is 1.84. The number of ether oxygens (including phenoxy) is 5. The van der Waals surface area contributed by atoms with Gasteiger partial charge in [0.2, 0.25) is 0 Å². The molecule has 0 radical (unpaired) electrons. The van der Waals surface area contributed by atoms with Crippen LogP contribution in [0.15, 0.2) is 23.0 Å². The molecule has 14 atom stereocenters. The number of epoxide rings is 1. The summed E-state index contributed by atoms with van der Waals surface area (Å²) in [6.07, 6.45) is -2.24. The van der Waals surface area contributed by atoms with Gasteiger partial charge in [-0.1, -0.05) is 41.0 Å². The lowest BCUT2D eigenvalue weighted by Crippen LogP contribution is -2.79. The second kappa shape index (κ2) is 11.0. The first kappa shape index (κ1) is 33.9. The topological polar surface area (TPSA) is 171 Å². The first-order chi connectivity index (χ1) is 22.0. The highest BCUT2D eigenvalue weighted by Gasteiger charge is 2.92. The second-order valence-corrected chi connectivity index (χ2v) is 15.7. The molecule has 47 heavy (non-hydrogen) atoms. The minimum Gasteiger partial charge on any atom is -0.472 e. The van der Waals surface area contributed by atoms with Gasteiger partial charge in [-0.2, -0.15) is 0 Å². The number of fused-ring (bicyclic) bond motifs is 3. The van der Waals surface area contributed by atoms with Crippen LogP contribution in [-0.4, -0.2) is 82.4 Å². The average Bonchev–Trinajstić information content (AvgIpc) is 3.37. The molecule has 6 rings (SSSR count). The summed E-state index contributed by atoms with van der Waals surface area (Å²) < 4.78 is 36.6. The summed E-state index contributed by atoms with van der Waals surface area (Å²) in [6.45, 7) is 14.4. The largest absolute Gasteiger partial charge is 0.472 e. The van der Waals surface area contributed by atoms with E-state index in [1.54, 1.807) is 33.3 Å². The molecule has 12 heteroatoms. The molecule has 0 bridgehead atoms. The van der Waals surface area contributed by atoms with Crippen molar-refractivity contribution in [3.05, 3.63) is 24.2 Å². The van der Waals surface area contributed by atoms with Crippen LogP contribution in [0.1, 0.15) is 92.6 Å². The highest BCUT2D eigenvalue weighted by molar-refractivity contribution is 5.75. The Morgan fingerprint density at radius 3 is 2.43 bits per heavy atom. The van der Waals surface area contributed by atoms with Crippen LogP contribution in [0.25, 0.3) is 0 Å². The molecule has 1 aromatic heterocycles. The Morgan fingerprint density at radius 2 is 1.83 bits per heavy atom. The summed E-state index contributed by atoms with van der Waals surface area (Å²) in [5, 5.41) is 23.5. The number of aliphatic hydroxyl groups excluding tert-OH is 2. The van der Waals surface area contributed by atoms with Crippen LogP contribution in [0.5, 0.6) is 0 Å². The Morgan fingerprint density at radius 1 is 1.13 bits per heavy atom. The van der Waals surface area contributed by atoms with E-state index in [-0.39, 0.29) is 24.9 Å². The van der Waals surface area contributed by atoms with E-state index in [9.17, 15) is 29.4 Å². The van der Waals surface area contributed by atoms with E-state index in [1.807, 2.05) is 33.8 Å². The molecule has 3 aliphatic carbocycles. The van der Waals surface area contributed by atoms with Crippen molar-refractivity contribution in [2.75, 3.05) is 0 Å². The fraction of sp³-hybridized carbons (Fsp3) is 0.771. The summed E-state index contributed by atoms with van der Waals surface area (Å²) >= 11 is 0. The monoisotopic (exact) mass is 660 g/mol. The van der Waals surface area contributed by atoms with E-state index >= 15 is 0 Å². The van der Waals surface area contributed by atoms with Gasteiger partial charge in [-0.05, 0) is 44.2 Å². The third-order valence-corrected chi connectivity index (χ3v) is 13.3. The molecule has 5 aliphatic rings. The van der Waals surface area contributed by atoms with Crippen molar-refractivity contribution >= 4 is 24.4 Å². The van der Waals surface area contributed by atoms with Gasteiger partial charge in [-0.25, -0.2) is 4.79 Å². The van der Waals surface area contributed by atoms with Gasteiger partial charge in [0.1, 0.15) is 29.5 Å². The summed E-state index contributed by atoms with van der Waals surface area (Å²) in [5.74, 6) is -4.25. The zero-order chi connectivity index (χ0) is 34.5. The maximum absolute atomic E-state index is 13.8. The van der Waals surface area contributed by atoms with Crippen LogP contribution in [0, 0.1) is 34.0 Å². The van der Waals surface area contributed by atoms with Crippen LogP contribution in [0.3, 0.4) is 0 Å². The van der Waals surface area contributed by atoms with Crippen molar-refractivity contribution in [3.63, 3.8) is 0 Å². The van der Waals surface area contributed by atoms with Gasteiger partial charge in [0, 0.05) is 40.9 Å². The molecular weight excluding hydrogens is 612 g/mol. The fourth-order valence-corrected chi connectivity index (χ4v) is 11.2. The number of hydrogen-bond acceptors (Lipinski definition) is 12. The summed E-state index contributed by atoms with van der Waals surface area (Å²) in [5.41, 5.74) is -4.87. The Balaban J connectivity index is 1.62. The number of aliphatic hydroxyl groups is 2. The number of hydrogen-bond donors (Lipinski definition) is 2. The van der Waals surface area contributed by atoms with E-state index in [2.05, 4.69) is 0 Å². The molecule has 2 N–H and O–H groups in total. The minimum atomic E-state index is -1.45. The molecule has 3 saturated carbocycles. The number of esters is 3. The summed E-state index contributed by atoms with van der Waals surface area (Å²) in [7, 11) is 0. The fourth-order valence-electron chi connectivity index (χ4n) is 11.2. The number of furan rings is 1. The number of cyclic esters (lactones) is 1. The standard InChI is InChI=1S/C35H48O12/c1-9-17(2)26(40)30(41)45-29-27(43-16-36)28-32(6)21(31(4,5)47-25(39)14-23(32)44-18(3)37)13-22(38)34(28,8)35-24(46-35)12-20(33(29,35)7)19-10-11-42-15-19/h10-11,15-17,20-24,26-29,38,40H,9,12-14H2,1-8H3. The zero-order valence-corrected chi connectivity index (χ0v) is 28.4. The molecule has 3 heterocycles. The Kier molecular flexibility index (Phi) is 7.96. The van der Waals surface area contributed by atoms with Gasteiger partial charge in [-0.3, -0.25) is 14.4 Å². The molecule has 1 aromatic rings. The first-order valence-electron chi connectivity index (χ1n) is 16.7. The van der Waals surface area contributed by atoms with Gasteiger partial charge in [-0.15, -0.1) is 0 Å². The molecule has 2 saturated heterocycles. The van der Waals surface area contributed by atoms with E-state index in [4.69, 9.17) is 28.1 Å². The van der Waals surface area contributed by atoms with Crippen molar-refractivity contribution in [2.45, 2.75) is 135 Å². The highest BCUT2D eigenvalue weighted by atomic mass is 16.6. The van der Waals surface area contributed by atoms with Crippen molar-refractivity contribution in [2.24, 2.45) is 34.0 Å². The van der Waals surface area contributed by atoms with Crippen LogP contribution < -0.4 is 0 Å². The van der Waals surface area contributed by atoms with E-state index in [1.165, 1.54) is 6.92 Å².